The SMILES string of the molecule is Cc1c(N2C(=O)[C@@H]3[C@@H](C2=O)C2(Cl)c4ccccc4C3(Cl)c3ccccc32)ccc(Br)c1Cl. The van der Waals surface area contributed by atoms with Crippen molar-refractivity contribution in [1.29, 1.82) is 0 Å². The summed E-state index contributed by atoms with van der Waals surface area (Å²) < 4.78 is 0.694. The highest BCUT2D eigenvalue weighted by Gasteiger charge is 2.73. The first-order valence-electron chi connectivity index (χ1n) is 10.1. The molecule has 3 aromatic carbocycles. The Kier molecular flexibility index (Phi) is 4.28. The first-order chi connectivity index (χ1) is 15.2. The molecule has 3 nitrogen and oxygen atoms in total. The summed E-state index contributed by atoms with van der Waals surface area (Å²) in [6.07, 6.45) is 0. The molecule has 2 atom stereocenters. The zero-order valence-electron chi connectivity index (χ0n) is 16.7. The van der Waals surface area contributed by atoms with Gasteiger partial charge >= 0.3 is 0 Å². The number of carbonyl (C=O) groups excluding carboxylic acids is 2. The normalized spacial score (nSPS) is 29.7. The van der Waals surface area contributed by atoms with E-state index >= 15 is 0 Å². The van der Waals surface area contributed by atoms with Crippen LogP contribution in [0.3, 0.4) is 0 Å². The molecule has 1 saturated heterocycles. The molecule has 2 bridgehead atoms. The topological polar surface area (TPSA) is 37.4 Å². The molecule has 32 heavy (non-hydrogen) atoms. The van der Waals surface area contributed by atoms with Crippen LogP contribution >= 0.6 is 50.7 Å². The molecular formula is C25H15BrCl3NO2. The zero-order valence-corrected chi connectivity index (χ0v) is 20.6. The molecular weight excluding hydrogens is 533 g/mol. The Bertz CT molecular complexity index is 1250. The number of imide groups is 1. The minimum Gasteiger partial charge on any atom is -0.274 e. The molecule has 7 rings (SSSR count). The molecule has 1 fully saturated rings. The van der Waals surface area contributed by atoms with Gasteiger partial charge in [-0.15, -0.1) is 23.2 Å². The zero-order chi connectivity index (χ0) is 22.6. The highest BCUT2D eigenvalue weighted by atomic mass is 79.9. The van der Waals surface area contributed by atoms with Crippen LogP contribution in [0.25, 0.3) is 0 Å². The molecule has 2 amide bonds. The largest absolute Gasteiger partial charge is 0.274 e. The van der Waals surface area contributed by atoms with Gasteiger partial charge in [0.1, 0.15) is 9.75 Å². The molecule has 7 heteroatoms. The number of nitrogens with zero attached hydrogens (tertiary/aromatic N) is 1. The van der Waals surface area contributed by atoms with Crippen molar-refractivity contribution in [2.45, 2.75) is 16.7 Å². The summed E-state index contributed by atoms with van der Waals surface area (Å²) in [5.74, 6) is -2.38. The predicted molar refractivity (Wildman–Crippen MR) is 130 cm³/mol. The number of alkyl halides is 2. The lowest BCUT2D eigenvalue weighted by Crippen LogP contribution is -2.57. The van der Waals surface area contributed by atoms with Crippen molar-refractivity contribution in [3.8, 4) is 0 Å². The molecule has 1 heterocycles. The highest BCUT2D eigenvalue weighted by molar-refractivity contribution is 9.10. The summed E-state index contributed by atoms with van der Waals surface area (Å²) >= 11 is 24.7. The van der Waals surface area contributed by atoms with E-state index in [0.29, 0.717) is 20.7 Å². The predicted octanol–water partition coefficient (Wildman–Crippen LogP) is 6.51. The van der Waals surface area contributed by atoms with E-state index in [4.69, 9.17) is 34.8 Å². The van der Waals surface area contributed by atoms with E-state index in [9.17, 15) is 9.59 Å². The van der Waals surface area contributed by atoms with Crippen molar-refractivity contribution in [2.24, 2.45) is 11.8 Å². The summed E-state index contributed by atoms with van der Waals surface area (Å²) in [6.45, 7) is 1.79. The van der Waals surface area contributed by atoms with Crippen molar-refractivity contribution >= 4 is 68.2 Å². The fraction of sp³-hybridized carbons (Fsp3) is 0.200. The van der Waals surface area contributed by atoms with Crippen LogP contribution in [0.4, 0.5) is 5.69 Å². The second-order valence-electron chi connectivity index (χ2n) is 8.49. The van der Waals surface area contributed by atoms with Gasteiger partial charge in [-0.3, -0.25) is 9.59 Å². The van der Waals surface area contributed by atoms with Crippen LogP contribution in [-0.4, -0.2) is 11.8 Å². The third-order valence-corrected chi connectivity index (χ3v) is 9.80. The number of halogens is 4. The van der Waals surface area contributed by atoms with Crippen LogP contribution in [-0.2, 0) is 19.3 Å². The summed E-state index contributed by atoms with van der Waals surface area (Å²) in [4.78, 5) is 26.8. The van der Waals surface area contributed by atoms with Gasteiger partial charge in [0, 0.05) is 4.47 Å². The van der Waals surface area contributed by atoms with Gasteiger partial charge in [0.15, 0.2) is 0 Å². The Morgan fingerprint density at radius 2 is 1.19 bits per heavy atom. The number of hydrogen-bond acceptors (Lipinski definition) is 2. The van der Waals surface area contributed by atoms with Crippen molar-refractivity contribution in [3.63, 3.8) is 0 Å². The first-order valence-corrected chi connectivity index (χ1v) is 12.1. The minimum absolute atomic E-state index is 0.356. The van der Waals surface area contributed by atoms with Crippen LogP contribution in [0.15, 0.2) is 65.1 Å². The van der Waals surface area contributed by atoms with Crippen LogP contribution < -0.4 is 4.90 Å². The molecule has 4 aliphatic rings. The summed E-state index contributed by atoms with van der Waals surface area (Å²) in [6, 6.07) is 18.7. The van der Waals surface area contributed by atoms with E-state index in [2.05, 4.69) is 15.9 Å². The second kappa shape index (κ2) is 6.60. The molecule has 3 aliphatic carbocycles. The van der Waals surface area contributed by atoms with E-state index < -0.39 is 21.6 Å². The average molecular weight is 548 g/mol. The Balaban J connectivity index is 1.65. The van der Waals surface area contributed by atoms with Gasteiger partial charge in [0.05, 0.1) is 22.5 Å². The monoisotopic (exact) mass is 545 g/mol. The number of amides is 2. The maximum atomic E-state index is 14.0. The molecule has 0 spiro atoms. The van der Waals surface area contributed by atoms with Gasteiger partial charge in [0.25, 0.3) is 0 Å². The van der Waals surface area contributed by atoms with E-state index in [0.717, 1.165) is 22.3 Å². The van der Waals surface area contributed by atoms with Gasteiger partial charge in [-0.1, -0.05) is 60.1 Å². The van der Waals surface area contributed by atoms with E-state index in [1.807, 2.05) is 48.5 Å². The van der Waals surface area contributed by atoms with E-state index in [1.165, 1.54) is 4.90 Å². The fourth-order valence-electron chi connectivity index (χ4n) is 5.79. The van der Waals surface area contributed by atoms with Crippen LogP contribution in [0, 0.1) is 18.8 Å². The lowest BCUT2D eigenvalue weighted by atomic mass is 9.54. The molecule has 3 aromatic rings. The molecule has 0 N–H and O–H groups in total. The lowest BCUT2D eigenvalue weighted by Gasteiger charge is -2.54. The van der Waals surface area contributed by atoms with E-state index in [1.54, 1.807) is 19.1 Å². The number of carbonyl (C=O) groups is 2. The molecule has 0 unspecified atom stereocenters. The maximum absolute atomic E-state index is 14.0. The number of rotatable bonds is 1. The van der Waals surface area contributed by atoms with Crippen molar-refractivity contribution < 1.29 is 9.59 Å². The number of anilines is 1. The third-order valence-electron chi connectivity index (χ3n) is 7.14. The quantitative estimate of drug-likeness (QED) is 0.257. The maximum Gasteiger partial charge on any atom is 0.240 e. The van der Waals surface area contributed by atoms with Gasteiger partial charge in [-0.2, -0.15) is 0 Å². The third kappa shape index (κ3) is 2.20. The van der Waals surface area contributed by atoms with Gasteiger partial charge < -0.3 is 0 Å². The summed E-state index contributed by atoms with van der Waals surface area (Å²) in [7, 11) is 0. The van der Waals surface area contributed by atoms with Crippen LogP contribution in [0.1, 0.15) is 27.8 Å². The minimum atomic E-state index is -1.19. The molecule has 160 valence electrons. The van der Waals surface area contributed by atoms with Crippen molar-refractivity contribution in [2.75, 3.05) is 4.90 Å². The van der Waals surface area contributed by atoms with Gasteiger partial charge in [-0.25, -0.2) is 4.90 Å². The van der Waals surface area contributed by atoms with E-state index in [-0.39, 0.29) is 11.8 Å². The molecule has 0 saturated carbocycles. The lowest BCUT2D eigenvalue weighted by molar-refractivity contribution is -0.122. The van der Waals surface area contributed by atoms with Gasteiger partial charge in [-0.05, 0) is 62.8 Å². The van der Waals surface area contributed by atoms with Crippen LogP contribution in [0.5, 0.6) is 0 Å². The standard InChI is InChI=1S/C25H15BrCl3NO2/c1-12-18(11-10-17(26)21(12)27)30-22(31)19-20(23(30)32)25(29)14-7-3-2-6-13(14)24(19,28)15-8-4-5-9-16(15)25/h2-11,19-20H,1H3/t19-,20-,24?,25?/m0/s1. The Morgan fingerprint density at radius 1 is 0.781 bits per heavy atom. The van der Waals surface area contributed by atoms with Gasteiger partial charge in [0.2, 0.25) is 11.8 Å². The second-order valence-corrected chi connectivity index (χ2v) is 10.9. The average Bonchev–Trinajstić information content (AvgIpc) is 3.07. The van der Waals surface area contributed by atoms with Crippen molar-refractivity contribution in [1.82, 2.24) is 0 Å². The van der Waals surface area contributed by atoms with Crippen molar-refractivity contribution in [3.05, 3.63) is 98.0 Å². The molecule has 0 radical (unpaired) electrons. The Labute approximate surface area is 208 Å². The summed E-state index contributed by atoms with van der Waals surface area (Å²) in [5, 5.41) is 0.452. The summed E-state index contributed by atoms with van der Waals surface area (Å²) in [5.41, 5.74) is 4.22. The molecule has 1 aliphatic heterocycles. The first kappa shape index (κ1) is 20.7. The Morgan fingerprint density at radius 3 is 1.59 bits per heavy atom. The fourth-order valence-corrected chi connectivity index (χ4v) is 7.48. The highest BCUT2D eigenvalue weighted by Crippen LogP contribution is 2.69. The smallest absolute Gasteiger partial charge is 0.240 e. The number of benzene rings is 3. The van der Waals surface area contributed by atoms with Crippen LogP contribution in [0.2, 0.25) is 5.02 Å². The Hall–Kier alpha value is -1.85. The molecule has 0 aromatic heterocycles. The number of hydrogen-bond donors (Lipinski definition) is 0.